The Morgan fingerprint density at radius 3 is 2.69 bits per heavy atom. The molecule has 2 rings (SSSR count). The van der Waals surface area contributed by atoms with Crippen molar-refractivity contribution in [3.05, 3.63) is 33.1 Å². The molecule has 4 nitrogen and oxygen atoms in total. The van der Waals surface area contributed by atoms with Crippen LogP contribution in [0.4, 0.5) is 0 Å². The lowest BCUT2D eigenvalue weighted by Gasteiger charge is -1.97. The summed E-state index contributed by atoms with van der Waals surface area (Å²) in [5, 5.41) is 7.12. The standard InChI is InChI=1S/C11H15N3OS/c1-7-4-10(16-8(7)2)5-12-6-11-13-9(3)15-14-11/h4,12H,5-6H2,1-3H3. The largest absolute Gasteiger partial charge is 0.340 e. The zero-order chi connectivity index (χ0) is 11.5. The Kier molecular flexibility index (Phi) is 3.36. The minimum Gasteiger partial charge on any atom is -0.340 e. The predicted molar refractivity (Wildman–Crippen MR) is 63.4 cm³/mol. The number of aryl methyl sites for hydroxylation is 3. The molecule has 0 bridgehead atoms. The lowest BCUT2D eigenvalue weighted by atomic mass is 10.3. The Morgan fingerprint density at radius 1 is 1.31 bits per heavy atom. The van der Waals surface area contributed by atoms with Crippen molar-refractivity contribution in [3.8, 4) is 0 Å². The van der Waals surface area contributed by atoms with Crippen LogP contribution in [-0.2, 0) is 13.1 Å². The summed E-state index contributed by atoms with van der Waals surface area (Å²) >= 11 is 1.83. The van der Waals surface area contributed by atoms with Crippen molar-refractivity contribution < 1.29 is 4.52 Å². The molecule has 16 heavy (non-hydrogen) atoms. The van der Waals surface area contributed by atoms with Crippen LogP contribution in [0.15, 0.2) is 10.6 Å². The minimum atomic E-state index is 0.611. The highest BCUT2D eigenvalue weighted by Crippen LogP contribution is 2.20. The molecule has 0 atom stereocenters. The Bertz CT molecular complexity index is 456. The molecule has 2 aromatic heterocycles. The van der Waals surface area contributed by atoms with Crippen LogP contribution in [-0.4, -0.2) is 10.1 Å². The number of thiophene rings is 1. The van der Waals surface area contributed by atoms with Gasteiger partial charge < -0.3 is 9.84 Å². The smallest absolute Gasteiger partial charge is 0.223 e. The summed E-state index contributed by atoms with van der Waals surface area (Å²) in [5.74, 6) is 1.32. The SMILES string of the molecule is Cc1nc(CNCc2cc(C)c(C)s2)no1. The highest BCUT2D eigenvalue weighted by atomic mass is 32.1. The number of rotatable bonds is 4. The number of hydrogen-bond acceptors (Lipinski definition) is 5. The van der Waals surface area contributed by atoms with Crippen molar-refractivity contribution in [2.45, 2.75) is 33.9 Å². The second kappa shape index (κ2) is 4.76. The van der Waals surface area contributed by atoms with E-state index >= 15 is 0 Å². The van der Waals surface area contributed by atoms with Gasteiger partial charge in [-0.05, 0) is 25.5 Å². The molecule has 86 valence electrons. The van der Waals surface area contributed by atoms with Gasteiger partial charge in [0.2, 0.25) is 5.89 Å². The molecule has 0 saturated carbocycles. The van der Waals surface area contributed by atoms with E-state index in [-0.39, 0.29) is 0 Å². The Balaban J connectivity index is 1.84. The first-order valence-electron chi connectivity index (χ1n) is 5.21. The van der Waals surface area contributed by atoms with E-state index in [1.165, 1.54) is 15.3 Å². The van der Waals surface area contributed by atoms with Gasteiger partial charge in [-0.15, -0.1) is 11.3 Å². The average Bonchev–Trinajstić information content (AvgIpc) is 2.75. The quantitative estimate of drug-likeness (QED) is 0.886. The second-order valence-electron chi connectivity index (χ2n) is 3.79. The van der Waals surface area contributed by atoms with Gasteiger partial charge in [0.05, 0.1) is 6.54 Å². The first-order chi connectivity index (χ1) is 7.65. The Labute approximate surface area is 98.7 Å². The van der Waals surface area contributed by atoms with Crippen LogP contribution >= 0.6 is 11.3 Å². The van der Waals surface area contributed by atoms with Gasteiger partial charge >= 0.3 is 0 Å². The van der Waals surface area contributed by atoms with Gasteiger partial charge in [-0.25, -0.2) is 0 Å². The topological polar surface area (TPSA) is 51.0 Å². The summed E-state index contributed by atoms with van der Waals surface area (Å²) < 4.78 is 4.89. The fourth-order valence-electron chi connectivity index (χ4n) is 1.45. The fraction of sp³-hybridized carbons (Fsp3) is 0.455. The maximum Gasteiger partial charge on any atom is 0.223 e. The maximum atomic E-state index is 4.89. The molecule has 0 unspecified atom stereocenters. The van der Waals surface area contributed by atoms with Crippen LogP contribution in [0.5, 0.6) is 0 Å². The summed E-state index contributed by atoms with van der Waals surface area (Å²) in [6.07, 6.45) is 0. The Morgan fingerprint density at radius 2 is 2.12 bits per heavy atom. The van der Waals surface area contributed by atoms with E-state index < -0.39 is 0 Å². The van der Waals surface area contributed by atoms with E-state index in [9.17, 15) is 0 Å². The predicted octanol–water partition coefficient (Wildman–Crippen LogP) is 2.35. The third-order valence-electron chi connectivity index (χ3n) is 2.37. The maximum absolute atomic E-state index is 4.89. The lowest BCUT2D eigenvalue weighted by Crippen LogP contribution is -2.12. The highest BCUT2D eigenvalue weighted by molar-refractivity contribution is 7.12. The molecule has 5 heteroatoms. The zero-order valence-electron chi connectivity index (χ0n) is 9.70. The fourth-order valence-corrected chi connectivity index (χ4v) is 2.47. The first-order valence-corrected chi connectivity index (χ1v) is 6.02. The molecule has 0 fully saturated rings. The van der Waals surface area contributed by atoms with Crippen molar-refractivity contribution in [1.82, 2.24) is 15.5 Å². The summed E-state index contributed by atoms with van der Waals surface area (Å²) in [6.45, 7) is 7.58. The first kappa shape index (κ1) is 11.3. The van der Waals surface area contributed by atoms with Crippen molar-refractivity contribution in [2.24, 2.45) is 0 Å². The van der Waals surface area contributed by atoms with Crippen LogP contribution in [0.2, 0.25) is 0 Å². The van der Waals surface area contributed by atoms with E-state index in [0.29, 0.717) is 18.3 Å². The molecule has 0 spiro atoms. The monoisotopic (exact) mass is 237 g/mol. The van der Waals surface area contributed by atoms with Crippen LogP contribution in [0.25, 0.3) is 0 Å². The van der Waals surface area contributed by atoms with E-state index in [1.54, 1.807) is 6.92 Å². The van der Waals surface area contributed by atoms with Gasteiger partial charge in [0.1, 0.15) is 0 Å². The number of nitrogens with zero attached hydrogens (tertiary/aromatic N) is 2. The molecule has 1 N–H and O–H groups in total. The average molecular weight is 237 g/mol. The molecule has 0 radical (unpaired) electrons. The van der Waals surface area contributed by atoms with Crippen molar-refractivity contribution in [2.75, 3.05) is 0 Å². The van der Waals surface area contributed by atoms with E-state index in [1.807, 2.05) is 11.3 Å². The van der Waals surface area contributed by atoms with Crippen LogP contribution in [0.1, 0.15) is 27.0 Å². The summed E-state index contributed by atoms with van der Waals surface area (Å²) in [6, 6.07) is 2.22. The van der Waals surface area contributed by atoms with E-state index in [2.05, 4.69) is 35.4 Å². The van der Waals surface area contributed by atoms with Gasteiger partial charge in [-0.3, -0.25) is 0 Å². The van der Waals surface area contributed by atoms with Crippen molar-refractivity contribution >= 4 is 11.3 Å². The van der Waals surface area contributed by atoms with Gasteiger partial charge in [-0.2, -0.15) is 4.98 Å². The Hall–Kier alpha value is -1.20. The number of aromatic nitrogens is 2. The number of nitrogens with one attached hydrogen (secondary N) is 1. The summed E-state index contributed by atoms with van der Waals surface area (Å²) in [4.78, 5) is 6.85. The van der Waals surface area contributed by atoms with Gasteiger partial charge in [0.25, 0.3) is 0 Å². The molecule has 0 saturated heterocycles. The van der Waals surface area contributed by atoms with Gasteiger partial charge in [0, 0.05) is 23.2 Å². The minimum absolute atomic E-state index is 0.611. The summed E-state index contributed by atoms with van der Waals surface area (Å²) in [5.41, 5.74) is 1.36. The van der Waals surface area contributed by atoms with Crippen LogP contribution < -0.4 is 5.32 Å². The molecular formula is C11H15N3OS. The second-order valence-corrected chi connectivity index (χ2v) is 5.13. The van der Waals surface area contributed by atoms with E-state index in [4.69, 9.17) is 4.52 Å². The van der Waals surface area contributed by atoms with Gasteiger partial charge in [0.15, 0.2) is 5.82 Å². The number of hydrogen-bond donors (Lipinski definition) is 1. The molecule has 0 aromatic carbocycles. The zero-order valence-corrected chi connectivity index (χ0v) is 10.5. The van der Waals surface area contributed by atoms with Crippen molar-refractivity contribution in [3.63, 3.8) is 0 Å². The molecule has 0 amide bonds. The van der Waals surface area contributed by atoms with Crippen LogP contribution in [0, 0.1) is 20.8 Å². The molecule has 2 heterocycles. The highest BCUT2D eigenvalue weighted by Gasteiger charge is 2.03. The van der Waals surface area contributed by atoms with Crippen molar-refractivity contribution in [1.29, 1.82) is 0 Å². The molecular weight excluding hydrogens is 222 g/mol. The molecule has 0 aliphatic heterocycles. The third kappa shape index (κ3) is 2.68. The summed E-state index contributed by atoms with van der Waals surface area (Å²) in [7, 11) is 0. The molecule has 0 aliphatic carbocycles. The van der Waals surface area contributed by atoms with Gasteiger partial charge in [-0.1, -0.05) is 5.16 Å². The molecule has 2 aromatic rings. The third-order valence-corrected chi connectivity index (χ3v) is 3.52. The van der Waals surface area contributed by atoms with E-state index in [0.717, 1.165) is 6.54 Å². The molecule has 0 aliphatic rings. The normalized spacial score (nSPS) is 10.9. The lowest BCUT2D eigenvalue weighted by molar-refractivity contribution is 0.385. The van der Waals surface area contributed by atoms with Crippen LogP contribution in [0.3, 0.4) is 0 Å².